The van der Waals surface area contributed by atoms with Crippen molar-refractivity contribution in [2.75, 3.05) is 0 Å². The van der Waals surface area contributed by atoms with Crippen molar-refractivity contribution in [1.82, 2.24) is 0 Å². The van der Waals surface area contributed by atoms with Crippen LogP contribution in [0.3, 0.4) is 0 Å². The lowest BCUT2D eigenvalue weighted by atomic mass is 9.46. The van der Waals surface area contributed by atoms with Gasteiger partial charge in [0.25, 0.3) is 0 Å². The summed E-state index contributed by atoms with van der Waals surface area (Å²) in [5, 5.41) is 10.6. The van der Waals surface area contributed by atoms with Crippen LogP contribution in [0.15, 0.2) is 11.6 Å². The Hall–Kier alpha value is -1.29. The summed E-state index contributed by atoms with van der Waals surface area (Å²) in [6, 6.07) is 0. The van der Waals surface area contributed by atoms with Crippen molar-refractivity contribution in [3.8, 4) is 0 Å². The molecular weight excluding hydrogens is 316 g/mol. The Kier molecular flexibility index (Phi) is 3.67. The van der Waals surface area contributed by atoms with Gasteiger partial charge in [-0.3, -0.25) is 14.4 Å². The molecule has 7 atom stereocenters. The van der Waals surface area contributed by atoms with Crippen LogP contribution in [0.2, 0.25) is 0 Å². The summed E-state index contributed by atoms with van der Waals surface area (Å²) < 4.78 is 0. The molecule has 0 spiro atoms. The predicted octanol–water partition coefficient (Wildman–Crippen LogP) is 2.87. The van der Waals surface area contributed by atoms with E-state index in [1.165, 1.54) is 0 Å². The van der Waals surface area contributed by atoms with Gasteiger partial charge in [0.2, 0.25) is 0 Å². The number of allylic oxidation sites excluding steroid dienone is 1. The molecule has 0 radical (unpaired) electrons. The SMILES string of the molecule is CC(=O)[C@H]1C(O)C[C@H]2[C@@H]3CCC4=CC(=O)CC[C@]4(C)[C@H]3C(=O)C[C@]12C. The van der Waals surface area contributed by atoms with E-state index in [-0.39, 0.29) is 40.5 Å². The summed E-state index contributed by atoms with van der Waals surface area (Å²) >= 11 is 0. The minimum atomic E-state index is -0.628. The molecule has 4 heteroatoms. The van der Waals surface area contributed by atoms with Crippen LogP contribution in [-0.2, 0) is 14.4 Å². The summed E-state index contributed by atoms with van der Waals surface area (Å²) in [5.41, 5.74) is 0.531. The maximum Gasteiger partial charge on any atom is 0.155 e. The maximum atomic E-state index is 13.3. The zero-order valence-electron chi connectivity index (χ0n) is 15.4. The first-order valence-corrected chi connectivity index (χ1v) is 9.63. The first kappa shape index (κ1) is 17.1. The van der Waals surface area contributed by atoms with Gasteiger partial charge in [-0.1, -0.05) is 19.4 Å². The van der Waals surface area contributed by atoms with E-state index < -0.39 is 17.4 Å². The number of aliphatic hydroxyl groups excluding tert-OH is 1. The molecule has 0 aromatic carbocycles. The second kappa shape index (κ2) is 5.35. The van der Waals surface area contributed by atoms with Gasteiger partial charge >= 0.3 is 0 Å². The Morgan fingerprint density at radius 2 is 1.96 bits per heavy atom. The van der Waals surface area contributed by atoms with Crippen molar-refractivity contribution < 1.29 is 19.5 Å². The Bertz CT molecular complexity index is 692. The van der Waals surface area contributed by atoms with Crippen molar-refractivity contribution in [2.24, 2.45) is 34.5 Å². The zero-order valence-corrected chi connectivity index (χ0v) is 15.4. The van der Waals surface area contributed by atoms with Crippen LogP contribution >= 0.6 is 0 Å². The Morgan fingerprint density at radius 3 is 2.64 bits per heavy atom. The molecule has 0 bridgehead atoms. The molecule has 4 aliphatic rings. The van der Waals surface area contributed by atoms with E-state index >= 15 is 0 Å². The lowest BCUT2D eigenvalue weighted by molar-refractivity contribution is -0.148. The average molecular weight is 344 g/mol. The molecule has 0 heterocycles. The highest BCUT2D eigenvalue weighted by atomic mass is 16.3. The number of carbonyl (C=O) groups excluding carboxylic acids is 3. The number of hydrogen-bond acceptors (Lipinski definition) is 4. The third-order valence-corrected chi connectivity index (χ3v) is 8.12. The monoisotopic (exact) mass is 344 g/mol. The number of fused-ring (bicyclic) bond motifs is 5. The van der Waals surface area contributed by atoms with E-state index in [9.17, 15) is 19.5 Å². The smallest absolute Gasteiger partial charge is 0.155 e. The third kappa shape index (κ3) is 2.19. The molecule has 3 fully saturated rings. The van der Waals surface area contributed by atoms with Gasteiger partial charge in [0, 0.05) is 24.7 Å². The molecule has 0 amide bonds. The van der Waals surface area contributed by atoms with Gasteiger partial charge in [-0.2, -0.15) is 0 Å². The topological polar surface area (TPSA) is 71.4 Å². The van der Waals surface area contributed by atoms with Crippen LogP contribution < -0.4 is 0 Å². The summed E-state index contributed by atoms with van der Waals surface area (Å²) in [5.74, 6) is 0.403. The molecule has 0 aromatic heterocycles. The number of ketones is 3. The molecular formula is C21H28O4. The molecule has 25 heavy (non-hydrogen) atoms. The lowest BCUT2D eigenvalue weighted by Gasteiger charge is -2.56. The predicted molar refractivity (Wildman–Crippen MR) is 92.7 cm³/mol. The fourth-order valence-electron chi connectivity index (χ4n) is 7.14. The maximum absolute atomic E-state index is 13.3. The average Bonchev–Trinajstić information content (AvgIpc) is 2.77. The van der Waals surface area contributed by atoms with Gasteiger partial charge in [-0.05, 0) is 61.3 Å². The highest BCUT2D eigenvalue weighted by Gasteiger charge is 2.64. The van der Waals surface area contributed by atoms with Gasteiger partial charge in [-0.15, -0.1) is 0 Å². The van der Waals surface area contributed by atoms with E-state index in [1.807, 2.05) is 6.92 Å². The Morgan fingerprint density at radius 1 is 1.24 bits per heavy atom. The fraction of sp³-hybridized carbons (Fsp3) is 0.762. The van der Waals surface area contributed by atoms with E-state index in [1.54, 1.807) is 13.0 Å². The van der Waals surface area contributed by atoms with Crippen LogP contribution in [0, 0.1) is 34.5 Å². The van der Waals surface area contributed by atoms with Gasteiger partial charge in [0.1, 0.15) is 11.6 Å². The molecule has 4 aliphatic carbocycles. The molecule has 1 N–H and O–H groups in total. The first-order valence-electron chi connectivity index (χ1n) is 9.63. The number of Topliss-reactive ketones (excluding diaryl/α,β-unsaturated/α-hetero) is 2. The largest absolute Gasteiger partial charge is 0.392 e. The molecule has 0 aliphatic heterocycles. The normalized spacial score (nSPS) is 49.1. The highest BCUT2D eigenvalue weighted by molar-refractivity contribution is 5.93. The third-order valence-electron chi connectivity index (χ3n) is 8.12. The zero-order chi connectivity index (χ0) is 18.1. The molecule has 0 aromatic rings. The number of aliphatic hydroxyl groups is 1. The van der Waals surface area contributed by atoms with Crippen LogP contribution in [0.5, 0.6) is 0 Å². The quantitative estimate of drug-likeness (QED) is 0.794. The van der Waals surface area contributed by atoms with Crippen LogP contribution in [0.1, 0.15) is 59.3 Å². The van der Waals surface area contributed by atoms with Crippen LogP contribution in [-0.4, -0.2) is 28.6 Å². The minimum absolute atomic E-state index is 0.00891. The number of hydrogen-bond donors (Lipinski definition) is 1. The minimum Gasteiger partial charge on any atom is -0.392 e. The van der Waals surface area contributed by atoms with E-state index in [2.05, 4.69) is 6.92 Å². The van der Waals surface area contributed by atoms with E-state index in [0.717, 1.165) is 24.8 Å². The molecule has 1 unspecified atom stereocenters. The summed E-state index contributed by atoms with van der Waals surface area (Å²) in [6.07, 6.45) is 5.22. The molecule has 4 nitrogen and oxygen atoms in total. The number of carbonyl (C=O) groups is 3. The van der Waals surface area contributed by atoms with Crippen molar-refractivity contribution in [1.29, 1.82) is 0 Å². The van der Waals surface area contributed by atoms with Gasteiger partial charge in [-0.25, -0.2) is 0 Å². The Labute approximate surface area is 149 Å². The lowest BCUT2D eigenvalue weighted by Crippen LogP contribution is -2.55. The van der Waals surface area contributed by atoms with Crippen molar-refractivity contribution in [3.63, 3.8) is 0 Å². The van der Waals surface area contributed by atoms with E-state index in [4.69, 9.17) is 0 Å². The van der Waals surface area contributed by atoms with E-state index in [0.29, 0.717) is 19.3 Å². The van der Waals surface area contributed by atoms with Gasteiger partial charge in [0.15, 0.2) is 5.78 Å². The molecule has 0 saturated heterocycles. The van der Waals surface area contributed by atoms with Crippen molar-refractivity contribution in [2.45, 2.75) is 65.4 Å². The van der Waals surface area contributed by atoms with Gasteiger partial charge in [0.05, 0.1) is 6.10 Å². The molecule has 3 saturated carbocycles. The summed E-state index contributed by atoms with van der Waals surface area (Å²) in [6.45, 7) is 5.76. The van der Waals surface area contributed by atoms with Crippen LogP contribution in [0.25, 0.3) is 0 Å². The molecule has 4 rings (SSSR count). The standard InChI is InChI=1S/C21H28O4/c1-11(22)18-16(24)9-15-14-5-4-12-8-13(23)6-7-20(12,2)19(14)17(25)10-21(15,18)3/h8,14-16,18-19,24H,4-7,9-10H2,1-3H3/t14-,15-,16?,18-,19+,20-,21-/m0/s1. The molecule has 136 valence electrons. The van der Waals surface area contributed by atoms with Crippen molar-refractivity contribution in [3.05, 3.63) is 11.6 Å². The summed E-state index contributed by atoms with van der Waals surface area (Å²) in [4.78, 5) is 37.3. The summed E-state index contributed by atoms with van der Waals surface area (Å²) in [7, 11) is 0. The Balaban J connectivity index is 1.76. The number of rotatable bonds is 1. The second-order valence-electron chi connectivity index (χ2n) is 9.38. The highest BCUT2D eigenvalue weighted by Crippen LogP contribution is 2.65. The fourth-order valence-corrected chi connectivity index (χ4v) is 7.14. The van der Waals surface area contributed by atoms with Gasteiger partial charge < -0.3 is 5.11 Å². The first-order chi connectivity index (χ1) is 11.7. The second-order valence-corrected chi connectivity index (χ2v) is 9.38. The van der Waals surface area contributed by atoms with Crippen molar-refractivity contribution >= 4 is 17.3 Å². The van der Waals surface area contributed by atoms with Crippen LogP contribution in [0.4, 0.5) is 0 Å².